The van der Waals surface area contributed by atoms with E-state index >= 15 is 0 Å². The van der Waals surface area contributed by atoms with E-state index in [0.29, 0.717) is 33.5 Å². The maximum atomic E-state index is 13.3. The fourth-order valence-corrected chi connectivity index (χ4v) is 3.25. The number of hydrogen-bond acceptors (Lipinski definition) is 4. The number of furan rings is 1. The third kappa shape index (κ3) is 3.47. The quantitative estimate of drug-likeness (QED) is 0.508. The third-order valence-corrected chi connectivity index (χ3v) is 4.46. The Hall–Kier alpha value is -3.61. The molecule has 0 spiro atoms. The van der Waals surface area contributed by atoms with Crippen molar-refractivity contribution in [1.29, 1.82) is 0 Å². The lowest BCUT2D eigenvalue weighted by Crippen LogP contribution is -2.07. The Morgan fingerprint density at radius 2 is 1.93 bits per heavy atom. The Balaban J connectivity index is 1.99. The van der Waals surface area contributed by atoms with Crippen LogP contribution < -0.4 is 4.74 Å². The Labute approximate surface area is 166 Å². The number of aromatic carboxylic acids is 1. The predicted octanol–water partition coefficient (Wildman–Crippen LogP) is 5.12. The zero-order valence-electron chi connectivity index (χ0n) is 16.1. The number of aryl methyl sites for hydroxylation is 1. The van der Waals surface area contributed by atoms with Gasteiger partial charge in [0.15, 0.2) is 0 Å². The van der Waals surface area contributed by atoms with E-state index in [4.69, 9.17) is 9.15 Å². The Bertz CT molecular complexity index is 1210. The molecule has 7 heteroatoms. The van der Waals surface area contributed by atoms with Crippen LogP contribution in [0.1, 0.15) is 24.2 Å². The smallest absolute Gasteiger partial charge is 0.340 e. The second kappa shape index (κ2) is 7.09. The minimum absolute atomic E-state index is 0.00721. The first-order valence-corrected chi connectivity index (χ1v) is 9.10. The fourth-order valence-electron chi connectivity index (χ4n) is 3.25. The normalized spacial score (nSPS) is 11.3. The monoisotopic (exact) mass is 394 g/mol. The molecule has 0 saturated carbocycles. The summed E-state index contributed by atoms with van der Waals surface area (Å²) in [6, 6.07) is 10.8. The predicted molar refractivity (Wildman–Crippen MR) is 107 cm³/mol. The standard InChI is InChI=1S/C22H19FN2O4/c1-12(2)28-18-11-16-19(10-15(18)17-8-9-25(3)24-17)29-21(20(16)22(26)27)13-4-6-14(23)7-5-13/h4-12H,1-3H3,(H,26,27). The topological polar surface area (TPSA) is 77.5 Å². The molecule has 6 nitrogen and oxygen atoms in total. The highest BCUT2D eigenvalue weighted by Crippen LogP contribution is 2.40. The van der Waals surface area contributed by atoms with E-state index in [1.54, 1.807) is 16.8 Å². The van der Waals surface area contributed by atoms with E-state index in [1.165, 1.54) is 24.3 Å². The summed E-state index contributed by atoms with van der Waals surface area (Å²) in [6.07, 6.45) is 1.69. The highest BCUT2D eigenvalue weighted by atomic mass is 19.1. The maximum absolute atomic E-state index is 13.3. The molecule has 2 heterocycles. The Morgan fingerprint density at radius 1 is 1.21 bits per heavy atom. The zero-order chi connectivity index (χ0) is 20.7. The molecule has 2 aromatic heterocycles. The number of carbonyl (C=O) groups is 1. The fraction of sp³-hybridized carbons (Fsp3) is 0.182. The van der Waals surface area contributed by atoms with Gasteiger partial charge in [-0.2, -0.15) is 5.10 Å². The van der Waals surface area contributed by atoms with Crippen LogP contribution in [0.4, 0.5) is 4.39 Å². The second-order valence-corrected chi connectivity index (χ2v) is 7.00. The number of nitrogens with zero attached hydrogens (tertiary/aromatic N) is 2. The van der Waals surface area contributed by atoms with Crippen molar-refractivity contribution in [3.8, 4) is 28.3 Å². The number of rotatable bonds is 5. The number of halogens is 1. The summed E-state index contributed by atoms with van der Waals surface area (Å²) in [4.78, 5) is 12.0. The minimum Gasteiger partial charge on any atom is -0.490 e. The van der Waals surface area contributed by atoms with E-state index in [0.717, 1.165) is 0 Å². The Morgan fingerprint density at radius 3 is 2.52 bits per heavy atom. The molecule has 148 valence electrons. The van der Waals surface area contributed by atoms with Crippen molar-refractivity contribution in [1.82, 2.24) is 9.78 Å². The van der Waals surface area contributed by atoms with Gasteiger partial charge in [-0.25, -0.2) is 9.18 Å². The van der Waals surface area contributed by atoms with Crippen molar-refractivity contribution in [2.75, 3.05) is 0 Å². The average molecular weight is 394 g/mol. The van der Waals surface area contributed by atoms with Crippen molar-refractivity contribution in [2.45, 2.75) is 20.0 Å². The first-order chi connectivity index (χ1) is 13.8. The van der Waals surface area contributed by atoms with Crippen LogP contribution in [0.5, 0.6) is 5.75 Å². The van der Waals surface area contributed by atoms with Crippen molar-refractivity contribution in [3.63, 3.8) is 0 Å². The summed E-state index contributed by atoms with van der Waals surface area (Å²) in [7, 11) is 1.81. The summed E-state index contributed by atoms with van der Waals surface area (Å²) < 4.78 is 26.9. The molecular weight excluding hydrogens is 375 g/mol. The van der Waals surface area contributed by atoms with Crippen LogP contribution in [0.3, 0.4) is 0 Å². The van der Waals surface area contributed by atoms with E-state index in [9.17, 15) is 14.3 Å². The largest absolute Gasteiger partial charge is 0.490 e. The highest BCUT2D eigenvalue weighted by molar-refractivity contribution is 6.09. The second-order valence-electron chi connectivity index (χ2n) is 7.00. The number of ether oxygens (including phenoxy) is 1. The number of benzene rings is 2. The van der Waals surface area contributed by atoms with Gasteiger partial charge in [0.05, 0.1) is 11.8 Å². The summed E-state index contributed by atoms with van der Waals surface area (Å²) in [5, 5.41) is 14.7. The van der Waals surface area contributed by atoms with Gasteiger partial charge in [-0.05, 0) is 56.3 Å². The van der Waals surface area contributed by atoms with E-state index in [-0.39, 0.29) is 17.4 Å². The van der Waals surface area contributed by atoms with Crippen LogP contribution in [-0.4, -0.2) is 27.0 Å². The van der Waals surface area contributed by atoms with E-state index < -0.39 is 11.8 Å². The third-order valence-electron chi connectivity index (χ3n) is 4.46. The van der Waals surface area contributed by atoms with Crippen molar-refractivity contribution >= 4 is 16.9 Å². The van der Waals surface area contributed by atoms with Crippen LogP contribution in [0, 0.1) is 5.82 Å². The molecule has 0 saturated heterocycles. The van der Waals surface area contributed by atoms with Gasteiger partial charge in [0, 0.05) is 29.8 Å². The minimum atomic E-state index is -1.14. The summed E-state index contributed by atoms with van der Waals surface area (Å²) in [6.45, 7) is 3.79. The van der Waals surface area contributed by atoms with Gasteiger partial charge < -0.3 is 14.3 Å². The van der Waals surface area contributed by atoms with Gasteiger partial charge in [-0.1, -0.05) is 0 Å². The molecule has 4 rings (SSSR count). The Kier molecular flexibility index (Phi) is 4.58. The van der Waals surface area contributed by atoms with Crippen LogP contribution in [0.25, 0.3) is 33.6 Å². The van der Waals surface area contributed by atoms with Crippen LogP contribution in [-0.2, 0) is 7.05 Å². The molecule has 0 unspecified atom stereocenters. The lowest BCUT2D eigenvalue weighted by Gasteiger charge is -2.13. The molecule has 4 aromatic rings. The molecule has 2 aromatic carbocycles. The van der Waals surface area contributed by atoms with Crippen LogP contribution >= 0.6 is 0 Å². The first-order valence-electron chi connectivity index (χ1n) is 9.10. The molecule has 0 aliphatic rings. The molecule has 0 fully saturated rings. The first kappa shape index (κ1) is 18.7. The van der Waals surface area contributed by atoms with Gasteiger partial charge >= 0.3 is 5.97 Å². The van der Waals surface area contributed by atoms with Crippen molar-refractivity contribution < 1.29 is 23.4 Å². The average Bonchev–Trinajstić information content (AvgIpc) is 3.24. The van der Waals surface area contributed by atoms with Gasteiger partial charge in [-0.3, -0.25) is 4.68 Å². The molecule has 29 heavy (non-hydrogen) atoms. The summed E-state index contributed by atoms with van der Waals surface area (Å²) in [5.74, 6) is -0.864. The highest BCUT2D eigenvalue weighted by Gasteiger charge is 2.24. The number of fused-ring (bicyclic) bond motifs is 1. The number of aromatic nitrogens is 2. The summed E-state index contributed by atoms with van der Waals surface area (Å²) in [5.41, 5.74) is 2.25. The molecule has 0 aliphatic carbocycles. The van der Waals surface area contributed by atoms with Gasteiger partial charge in [-0.15, -0.1) is 0 Å². The van der Waals surface area contributed by atoms with Gasteiger partial charge in [0.25, 0.3) is 0 Å². The summed E-state index contributed by atoms with van der Waals surface area (Å²) >= 11 is 0. The number of carboxylic acid groups (broad SMARTS) is 1. The maximum Gasteiger partial charge on any atom is 0.340 e. The lowest BCUT2D eigenvalue weighted by molar-refractivity contribution is 0.0699. The lowest BCUT2D eigenvalue weighted by atomic mass is 10.0. The molecule has 1 N–H and O–H groups in total. The molecule has 0 aliphatic heterocycles. The number of carboxylic acids is 1. The van der Waals surface area contributed by atoms with Gasteiger partial charge in [0.1, 0.15) is 28.5 Å². The SMILES string of the molecule is CC(C)Oc1cc2c(C(=O)O)c(-c3ccc(F)cc3)oc2cc1-c1ccn(C)n1. The van der Waals surface area contributed by atoms with Crippen LogP contribution in [0.15, 0.2) is 53.1 Å². The van der Waals surface area contributed by atoms with E-state index in [1.807, 2.05) is 33.2 Å². The number of hydrogen-bond donors (Lipinski definition) is 1. The zero-order valence-corrected chi connectivity index (χ0v) is 16.1. The molecule has 0 bridgehead atoms. The van der Waals surface area contributed by atoms with Crippen molar-refractivity contribution in [3.05, 3.63) is 60.0 Å². The van der Waals surface area contributed by atoms with Crippen molar-refractivity contribution in [2.24, 2.45) is 7.05 Å². The molecule has 0 atom stereocenters. The van der Waals surface area contributed by atoms with E-state index in [2.05, 4.69) is 5.10 Å². The van der Waals surface area contributed by atoms with Gasteiger partial charge in [0.2, 0.25) is 0 Å². The van der Waals surface area contributed by atoms with Crippen LogP contribution in [0.2, 0.25) is 0 Å². The molecule has 0 amide bonds. The molecule has 0 radical (unpaired) electrons. The molecular formula is C22H19FN2O4.